The van der Waals surface area contributed by atoms with Gasteiger partial charge in [-0.3, -0.25) is 10.2 Å². The molecule has 0 radical (unpaired) electrons. The monoisotopic (exact) mass is 541 g/mol. The second kappa shape index (κ2) is 11.7. The van der Waals surface area contributed by atoms with Crippen molar-refractivity contribution in [1.82, 2.24) is 0 Å². The van der Waals surface area contributed by atoms with Crippen LogP contribution in [0.15, 0.2) is 78.9 Å². The Morgan fingerprint density at radius 2 is 1.57 bits per heavy atom. The fourth-order valence-electron chi connectivity index (χ4n) is 4.32. The van der Waals surface area contributed by atoms with Crippen molar-refractivity contribution in [2.75, 3.05) is 0 Å². The number of esters is 2. The molecule has 1 unspecified atom stereocenters. The van der Waals surface area contributed by atoms with Crippen LogP contribution in [0.1, 0.15) is 51.3 Å². The second-order valence-corrected chi connectivity index (χ2v) is 10.3. The molecule has 1 aliphatic rings. The summed E-state index contributed by atoms with van der Waals surface area (Å²) in [7, 11) is 0. The summed E-state index contributed by atoms with van der Waals surface area (Å²) in [4.78, 5) is 24.3. The minimum Gasteiger partial charge on any atom is -0.470 e. The molecule has 0 heterocycles. The number of carbonyl (C=O) groups is 2. The van der Waals surface area contributed by atoms with Gasteiger partial charge in [-0.15, -0.1) is 0 Å². The maximum absolute atomic E-state index is 15.5. The quantitative estimate of drug-likeness (QED) is 0.104. The molecule has 0 aliphatic heterocycles. The number of aryl methyl sites for hydroxylation is 1. The van der Waals surface area contributed by atoms with Crippen LogP contribution in [0, 0.1) is 17.1 Å². The van der Waals surface area contributed by atoms with Gasteiger partial charge in [0.1, 0.15) is 23.4 Å². The van der Waals surface area contributed by atoms with Gasteiger partial charge in [-0.1, -0.05) is 57.3 Å². The summed E-state index contributed by atoms with van der Waals surface area (Å²) < 4.78 is 32.1. The third-order valence-corrected chi connectivity index (χ3v) is 6.56. The standard InChI is InChI=1S/C33H32FNO5/c1-18(2)31(35)40-30-12-9-23-13-22(8-11-28(23)30)27-10-7-21(16-29(27)34)24-14-25(38-32(36)19(3)4)17-26(15-24)39-33(37)20(5)6/h7-8,10-11,13-17,20,30,35H,1,3,9,12H2,2,4-6H3. The number of hydrogen-bond acceptors (Lipinski definition) is 6. The molecule has 7 heteroatoms. The molecule has 3 aromatic rings. The number of hydrogen-bond donors (Lipinski definition) is 1. The molecule has 1 aliphatic carbocycles. The fourth-order valence-corrected chi connectivity index (χ4v) is 4.32. The molecule has 4 rings (SSSR count). The van der Waals surface area contributed by atoms with Crippen molar-refractivity contribution in [3.8, 4) is 33.8 Å². The molecular formula is C33H32FNO5. The van der Waals surface area contributed by atoms with E-state index < -0.39 is 17.8 Å². The Hall–Kier alpha value is -4.52. The lowest BCUT2D eigenvalue weighted by Crippen LogP contribution is -2.15. The number of halogens is 1. The number of benzene rings is 3. The lowest BCUT2D eigenvalue weighted by atomic mass is 9.97. The van der Waals surface area contributed by atoms with Crippen molar-refractivity contribution >= 4 is 17.8 Å². The van der Waals surface area contributed by atoms with E-state index in [4.69, 9.17) is 19.6 Å². The molecule has 0 spiro atoms. The van der Waals surface area contributed by atoms with Gasteiger partial charge in [-0.25, -0.2) is 9.18 Å². The predicted molar refractivity (Wildman–Crippen MR) is 153 cm³/mol. The number of ether oxygens (including phenoxy) is 3. The van der Waals surface area contributed by atoms with E-state index in [1.807, 2.05) is 18.2 Å². The van der Waals surface area contributed by atoms with E-state index >= 15 is 4.39 Å². The molecule has 1 N–H and O–H groups in total. The summed E-state index contributed by atoms with van der Waals surface area (Å²) in [5.41, 5.74) is 5.03. The lowest BCUT2D eigenvalue weighted by Gasteiger charge is -2.16. The molecule has 0 saturated carbocycles. The molecule has 0 fully saturated rings. The third kappa shape index (κ3) is 6.37. The number of carbonyl (C=O) groups excluding carboxylic acids is 2. The van der Waals surface area contributed by atoms with Crippen molar-refractivity contribution in [3.63, 3.8) is 0 Å². The Balaban J connectivity index is 1.64. The van der Waals surface area contributed by atoms with Gasteiger partial charge in [-0.2, -0.15) is 0 Å². The van der Waals surface area contributed by atoms with Crippen LogP contribution in [0.5, 0.6) is 11.5 Å². The Labute approximate surface area is 233 Å². The SMILES string of the molecule is C=C(C)C(=N)OC1CCc2cc(-c3ccc(-c4cc(OC(=O)C(=C)C)cc(OC(=O)C(C)C)c4)cc3F)ccc21. The van der Waals surface area contributed by atoms with E-state index in [-0.39, 0.29) is 35.0 Å². The van der Waals surface area contributed by atoms with E-state index in [9.17, 15) is 9.59 Å². The highest BCUT2D eigenvalue weighted by molar-refractivity contribution is 5.90. The second-order valence-electron chi connectivity index (χ2n) is 10.3. The van der Waals surface area contributed by atoms with Crippen LogP contribution in [0.25, 0.3) is 22.3 Å². The highest BCUT2D eigenvalue weighted by atomic mass is 19.1. The van der Waals surface area contributed by atoms with E-state index in [2.05, 4.69) is 13.2 Å². The van der Waals surface area contributed by atoms with Crippen molar-refractivity contribution in [2.45, 2.75) is 46.6 Å². The van der Waals surface area contributed by atoms with E-state index in [1.165, 1.54) is 19.1 Å². The van der Waals surface area contributed by atoms with Crippen LogP contribution < -0.4 is 9.47 Å². The first-order chi connectivity index (χ1) is 18.9. The minimum absolute atomic E-state index is 0.0733. The van der Waals surface area contributed by atoms with Gasteiger partial charge in [-0.05, 0) is 72.7 Å². The van der Waals surface area contributed by atoms with Crippen LogP contribution in [-0.4, -0.2) is 17.8 Å². The maximum Gasteiger partial charge on any atom is 0.338 e. The molecule has 3 aromatic carbocycles. The minimum atomic E-state index is -0.625. The van der Waals surface area contributed by atoms with Crippen LogP contribution >= 0.6 is 0 Å². The van der Waals surface area contributed by atoms with Crippen LogP contribution in [0.4, 0.5) is 4.39 Å². The zero-order valence-corrected chi connectivity index (χ0v) is 23.1. The van der Waals surface area contributed by atoms with Gasteiger partial charge < -0.3 is 14.2 Å². The van der Waals surface area contributed by atoms with Crippen molar-refractivity contribution in [2.24, 2.45) is 5.92 Å². The summed E-state index contributed by atoms with van der Waals surface area (Å²) >= 11 is 0. The summed E-state index contributed by atoms with van der Waals surface area (Å²) in [6.07, 6.45) is 1.29. The van der Waals surface area contributed by atoms with Crippen LogP contribution in [0.2, 0.25) is 0 Å². The molecule has 206 valence electrons. The van der Waals surface area contributed by atoms with Crippen LogP contribution in [-0.2, 0) is 20.7 Å². The van der Waals surface area contributed by atoms with E-state index in [1.54, 1.807) is 45.0 Å². The average Bonchev–Trinajstić information content (AvgIpc) is 3.29. The number of fused-ring (bicyclic) bond motifs is 1. The Morgan fingerprint density at radius 3 is 2.20 bits per heavy atom. The molecule has 0 aromatic heterocycles. The molecule has 6 nitrogen and oxygen atoms in total. The molecule has 40 heavy (non-hydrogen) atoms. The van der Waals surface area contributed by atoms with Crippen molar-refractivity contribution in [1.29, 1.82) is 5.41 Å². The first kappa shape index (κ1) is 28.5. The topological polar surface area (TPSA) is 85.7 Å². The zero-order valence-electron chi connectivity index (χ0n) is 23.1. The fraction of sp³-hybridized carbons (Fsp3) is 0.242. The van der Waals surface area contributed by atoms with Gasteiger partial charge in [0.2, 0.25) is 5.90 Å². The van der Waals surface area contributed by atoms with Gasteiger partial charge in [0.25, 0.3) is 0 Å². The summed E-state index contributed by atoms with van der Waals surface area (Å²) in [6.45, 7) is 14.0. The maximum atomic E-state index is 15.5. The van der Waals surface area contributed by atoms with Crippen molar-refractivity contribution < 1.29 is 28.2 Å². The third-order valence-electron chi connectivity index (χ3n) is 6.56. The summed E-state index contributed by atoms with van der Waals surface area (Å²) in [5.74, 6) is -1.47. The number of rotatable bonds is 8. The first-order valence-electron chi connectivity index (χ1n) is 13.0. The summed E-state index contributed by atoms with van der Waals surface area (Å²) in [5, 5.41) is 7.95. The molecule has 0 saturated heterocycles. The van der Waals surface area contributed by atoms with Gasteiger partial charge in [0, 0.05) is 22.8 Å². The van der Waals surface area contributed by atoms with Crippen LogP contribution in [0.3, 0.4) is 0 Å². The lowest BCUT2D eigenvalue weighted by molar-refractivity contribution is -0.137. The molecular weight excluding hydrogens is 509 g/mol. The smallest absolute Gasteiger partial charge is 0.338 e. The summed E-state index contributed by atoms with van der Waals surface area (Å²) in [6, 6.07) is 15.2. The molecule has 1 atom stereocenters. The zero-order chi connectivity index (χ0) is 29.1. The predicted octanol–water partition coefficient (Wildman–Crippen LogP) is 7.76. The Bertz CT molecular complexity index is 1540. The average molecular weight is 542 g/mol. The molecule has 0 amide bonds. The highest BCUT2D eigenvalue weighted by Crippen LogP contribution is 2.38. The van der Waals surface area contributed by atoms with Crippen molar-refractivity contribution in [3.05, 3.63) is 95.8 Å². The number of nitrogens with one attached hydrogen (secondary N) is 1. The Kier molecular flexibility index (Phi) is 8.33. The van der Waals surface area contributed by atoms with E-state index in [0.29, 0.717) is 22.3 Å². The molecule has 0 bridgehead atoms. The Morgan fingerprint density at radius 1 is 0.900 bits per heavy atom. The van der Waals surface area contributed by atoms with Gasteiger partial charge in [0.05, 0.1) is 5.92 Å². The normalized spacial score (nSPS) is 13.9. The largest absolute Gasteiger partial charge is 0.470 e. The first-order valence-corrected chi connectivity index (χ1v) is 13.0. The van der Waals surface area contributed by atoms with Gasteiger partial charge in [0.15, 0.2) is 0 Å². The van der Waals surface area contributed by atoms with E-state index in [0.717, 1.165) is 29.5 Å². The van der Waals surface area contributed by atoms with Gasteiger partial charge >= 0.3 is 11.9 Å². The highest BCUT2D eigenvalue weighted by Gasteiger charge is 2.26.